The highest BCUT2D eigenvalue weighted by Gasteiger charge is 2.24. The van der Waals surface area contributed by atoms with E-state index in [0.717, 1.165) is 12.8 Å². The molecule has 22 heavy (non-hydrogen) atoms. The minimum Gasteiger partial charge on any atom is -0.391 e. The number of aliphatic hydroxyl groups is 1. The van der Waals surface area contributed by atoms with E-state index in [1.54, 1.807) is 6.92 Å². The Morgan fingerprint density at radius 3 is 2.32 bits per heavy atom. The molecule has 1 saturated carbocycles. The van der Waals surface area contributed by atoms with Crippen LogP contribution in [0.3, 0.4) is 0 Å². The molecule has 0 aromatic heterocycles. The molecular formula is C17H32N2O3. The first kappa shape index (κ1) is 18.9. The second-order valence-electron chi connectivity index (χ2n) is 7.62. The van der Waals surface area contributed by atoms with Gasteiger partial charge in [0.25, 0.3) is 0 Å². The lowest BCUT2D eigenvalue weighted by Crippen LogP contribution is -2.48. The first-order valence-corrected chi connectivity index (χ1v) is 8.45. The molecule has 1 aliphatic carbocycles. The summed E-state index contributed by atoms with van der Waals surface area (Å²) in [6, 6.07) is -0.566. The van der Waals surface area contributed by atoms with Crippen LogP contribution in [0.4, 0.5) is 0 Å². The van der Waals surface area contributed by atoms with E-state index in [2.05, 4.69) is 10.6 Å². The summed E-state index contributed by atoms with van der Waals surface area (Å²) in [6.45, 7) is 7.63. The number of nitrogens with one attached hydrogen (secondary N) is 2. The Morgan fingerprint density at radius 1 is 1.18 bits per heavy atom. The lowest BCUT2D eigenvalue weighted by Gasteiger charge is -2.26. The topological polar surface area (TPSA) is 78.4 Å². The SMILES string of the molecule is CC(NC(=O)CC1CCCCC1)C(=O)NCC(O)C(C)(C)C. The number of carbonyl (C=O) groups excluding carboxylic acids is 2. The second kappa shape index (κ2) is 8.51. The zero-order valence-electron chi connectivity index (χ0n) is 14.4. The van der Waals surface area contributed by atoms with Crippen molar-refractivity contribution in [3.8, 4) is 0 Å². The zero-order chi connectivity index (χ0) is 16.8. The Kier molecular flexibility index (Phi) is 7.33. The van der Waals surface area contributed by atoms with Crippen molar-refractivity contribution >= 4 is 11.8 Å². The summed E-state index contributed by atoms with van der Waals surface area (Å²) in [7, 11) is 0. The highest BCUT2D eigenvalue weighted by molar-refractivity contribution is 5.87. The smallest absolute Gasteiger partial charge is 0.242 e. The van der Waals surface area contributed by atoms with E-state index in [1.165, 1.54) is 19.3 Å². The molecule has 3 N–H and O–H groups in total. The minimum atomic E-state index is -0.610. The highest BCUT2D eigenvalue weighted by atomic mass is 16.3. The lowest BCUT2D eigenvalue weighted by atomic mass is 9.87. The van der Waals surface area contributed by atoms with Gasteiger partial charge < -0.3 is 15.7 Å². The van der Waals surface area contributed by atoms with E-state index in [9.17, 15) is 14.7 Å². The highest BCUT2D eigenvalue weighted by Crippen LogP contribution is 2.26. The number of amides is 2. The summed E-state index contributed by atoms with van der Waals surface area (Å²) in [4.78, 5) is 23.9. The van der Waals surface area contributed by atoms with Crippen LogP contribution in [0.15, 0.2) is 0 Å². The molecule has 1 aliphatic rings. The van der Waals surface area contributed by atoms with Gasteiger partial charge in [-0.25, -0.2) is 0 Å². The average molecular weight is 312 g/mol. The van der Waals surface area contributed by atoms with E-state index < -0.39 is 12.1 Å². The molecule has 2 unspecified atom stereocenters. The molecule has 0 heterocycles. The first-order chi connectivity index (χ1) is 10.2. The van der Waals surface area contributed by atoms with Crippen LogP contribution >= 0.6 is 0 Å². The summed E-state index contributed by atoms with van der Waals surface area (Å²) in [5, 5.41) is 15.4. The van der Waals surface area contributed by atoms with Crippen molar-refractivity contribution < 1.29 is 14.7 Å². The maximum atomic E-state index is 12.0. The van der Waals surface area contributed by atoms with Crippen LogP contribution in [0.25, 0.3) is 0 Å². The fourth-order valence-electron chi connectivity index (χ4n) is 2.68. The van der Waals surface area contributed by atoms with Gasteiger partial charge >= 0.3 is 0 Å². The van der Waals surface area contributed by atoms with Crippen LogP contribution in [0.1, 0.15) is 66.2 Å². The third-order valence-electron chi connectivity index (χ3n) is 4.44. The number of carbonyl (C=O) groups is 2. The van der Waals surface area contributed by atoms with Crippen LogP contribution in [-0.4, -0.2) is 35.6 Å². The standard InChI is InChI=1S/C17H32N2O3/c1-12(16(22)18-11-14(20)17(2,3)4)19-15(21)10-13-8-6-5-7-9-13/h12-14,20H,5-11H2,1-4H3,(H,18,22)(H,19,21). The molecule has 1 fully saturated rings. The van der Waals surface area contributed by atoms with Gasteiger partial charge in [0, 0.05) is 13.0 Å². The first-order valence-electron chi connectivity index (χ1n) is 8.45. The normalized spacial score (nSPS) is 19.3. The number of rotatable bonds is 6. The molecule has 0 radical (unpaired) electrons. The molecule has 5 nitrogen and oxygen atoms in total. The molecule has 5 heteroatoms. The number of hydrogen-bond donors (Lipinski definition) is 3. The fraction of sp³-hybridized carbons (Fsp3) is 0.882. The van der Waals surface area contributed by atoms with Crippen LogP contribution in [0.5, 0.6) is 0 Å². The molecule has 2 amide bonds. The predicted octanol–water partition coefficient (Wildman–Crippen LogP) is 1.98. The van der Waals surface area contributed by atoms with Gasteiger partial charge in [-0.15, -0.1) is 0 Å². The Morgan fingerprint density at radius 2 is 1.77 bits per heavy atom. The van der Waals surface area contributed by atoms with Gasteiger partial charge in [-0.3, -0.25) is 9.59 Å². The Labute approximate surface area is 134 Å². The van der Waals surface area contributed by atoms with Crippen LogP contribution in [0, 0.1) is 11.3 Å². The molecule has 0 aromatic rings. The van der Waals surface area contributed by atoms with E-state index in [-0.39, 0.29) is 23.8 Å². The predicted molar refractivity (Wildman–Crippen MR) is 87.3 cm³/mol. The maximum Gasteiger partial charge on any atom is 0.242 e. The summed E-state index contributed by atoms with van der Waals surface area (Å²) in [5.41, 5.74) is -0.277. The van der Waals surface area contributed by atoms with E-state index in [1.807, 2.05) is 20.8 Å². The van der Waals surface area contributed by atoms with Crippen molar-refractivity contribution in [3.05, 3.63) is 0 Å². The molecular weight excluding hydrogens is 280 g/mol. The third-order valence-corrected chi connectivity index (χ3v) is 4.44. The van der Waals surface area contributed by atoms with Gasteiger partial charge in [0.1, 0.15) is 6.04 Å². The Bertz CT molecular complexity index is 371. The van der Waals surface area contributed by atoms with Crippen LogP contribution in [-0.2, 0) is 9.59 Å². The molecule has 1 rings (SSSR count). The molecule has 0 aliphatic heterocycles. The minimum absolute atomic E-state index is 0.0501. The average Bonchev–Trinajstić information content (AvgIpc) is 2.44. The monoisotopic (exact) mass is 312 g/mol. The van der Waals surface area contributed by atoms with Gasteiger partial charge in [-0.1, -0.05) is 40.0 Å². The summed E-state index contributed by atoms with van der Waals surface area (Å²) < 4.78 is 0. The van der Waals surface area contributed by atoms with Gasteiger partial charge in [-0.05, 0) is 31.1 Å². The summed E-state index contributed by atoms with van der Waals surface area (Å²) in [5.74, 6) is 0.165. The largest absolute Gasteiger partial charge is 0.391 e. The molecule has 128 valence electrons. The van der Waals surface area contributed by atoms with Crippen molar-refractivity contribution in [2.45, 2.75) is 78.4 Å². The zero-order valence-corrected chi connectivity index (χ0v) is 14.4. The lowest BCUT2D eigenvalue weighted by molar-refractivity contribution is -0.129. The van der Waals surface area contributed by atoms with Gasteiger partial charge in [0.2, 0.25) is 11.8 Å². The maximum absolute atomic E-state index is 12.0. The van der Waals surface area contributed by atoms with Crippen molar-refractivity contribution in [2.75, 3.05) is 6.54 Å². The fourth-order valence-corrected chi connectivity index (χ4v) is 2.68. The van der Waals surface area contributed by atoms with Gasteiger partial charge in [-0.2, -0.15) is 0 Å². The van der Waals surface area contributed by atoms with Gasteiger partial charge in [0.05, 0.1) is 6.10 Å². The number of hydrogen-bond acceptors (Lipinski definition) is 3. The van der Waals surface area contributed by atoms with E-state index in [0.29, 0.717) is 12.3 Å². The summed E-state index contributed by atoms with van der Waals surface area (Å²) in [6.07, 6.45) is 5.83. The number of aliphatic hydroxyl groups excluding tert-OH is 1. The van der Waals surface area contributed by atoms with Crippen molar-refractivity contribution in [1.29, 1.82) is 0 Å². The molecule has 2 atom stereocenters. The molecule has 0 aromatic carbocycles. The van der Waals surface area contributed by atoms with Crippen molar-refractivity contribution in [1.82, 2.24) is 10.6 Å². The van der Waals surface area contributed by atoms with Crippen molar-refractivity contribution in [3.63, 3.8) is 0 Å². The van der Waals surface area contributed by atoms with Gasteiger partial charge in [0.15, 0.2) is 0 Å². The molecule has 0 spiro atoms. The third kappa shape index (κ3) is 6.77. The van der Waals surface area contributed by atoms with Crippen LogP contribution in [0.2, 0.25) is 0 Å². The quantitative estimate of drug-likeness (QED) is 0.702. The Hall–Kier alpha value is -1.10. The van der Waals surface area contributed by atoms with E-state index in [4.69, 9.17) is 0 Å². The van der Waals surface area contributed by atoms with Crippen molar-refractivity contribution in [2.24, 2.45) is 11.3 Å². The molecule has 0 saturated heterocycles. The van der Waals surface area contributed by atoms with Crippen LogP contribution < -0.4 is 10.6 Å². The Balaban J connectivity index is 2.29. The summed E-state index contributed by atoms with van der Waals surface area (Å²) >= 11 is 0. The molecule has 0 bridgehead atoms. The van der Waals surface area contributed by atoms with E-state index >= 15 is 0 Å². The second-order valence-corrected chi connectivity index (χ2v) is 7.62.